The minimum absolute atomic E-state index is 0.791. The zero-order valence-electron chi connectivity index (χ0n) is 17.2. The highest BCUT2D eigenvalue weighted by atomic mass is 35.5. The van der Waals surface area contributed by atoms with Crippen molar-refractivity contribution < 1.29 is 0 Å². The molecule has 150 valence electrons. The molecule has 1 aromatic carbocycles. The Balaban J connectivity index is 1.24. The molecule has 3 atom stereocenters. The number of aryl methyl sites for hydroxylation is 1. The van der Waals surface area contributed by atoms with Crippen molar-refractivity contribution in [3.05, 3.63) is 52.3 Å². The fourth-order valence-corrected chi connectivity index (χ4v) is 6.26. The maximum absolute atomic E-state index is 6.07. The second kappa shape index (κ2) is 7.51. The minimum atomic E-state index is 0.791. The van der Waals surface area contributed by atoms with Gasteiger partial charge in [0, 0.05) is 60.9 Å². The van der Waals surface area contributed by atoms with Gasteiger partial charge in [-0.25, -0.2) is 0 Å². The quantitative estimate of drug-likeness (QED) is 0.714. The molecule has 1 aliphatic heterocycles. The molecular weight excluding hydrogens is 366 g/mol. The maximum atomic E-state index is 6.07. The molecule has 1 aromatic heterocycles. The SMILES string of the molecule is Cc1cc(CN2CCN(C3CC4CCC3C4)CC2)c(C)n1-c1ccc(Cl)cc1. The van der Waals surface area contributed by atoms with Gasteiger partial charge in [-0.2, -0.15) is 0 Å². The number of aromatic nitrogens is 1. The van der Waals surface area contributed by atoms with Crippen molar-refractivity contribution >= 4 is 11.6 Å². The van der Waals surface area contributed by atoms with E-state index in [0.717, 1.165) is 29.4 Å². The third-order valence-electron chi connectivity index (χ3n) is 7.59. The van der Waals surface area contributed by atoms with E-state index in [-0.39, 0.29) is 0 Å². The molecule has 0 N–H and O–H groups in total. The summed E-state index contributed by atoms with van der Waals surface area (Å²) < 4.78 is 2.36. The molecule has 0 radical (unpaired) electrons. The lowest BCUT2D eigenvalue weighted by Crippen LogP contribution is -2.51. The molecule has 4 heteroatoms. The first kappa shape index (κ1) is 18.7. The number of hydrogen-bond acceptors (Lipinski definition) is 2. The first-order valence-corrected chi connectivity index (χ1v) is 11.4. The Bertz CT molecular complexity index is 832. The Morgan fingerprint density at radius 2 is 1.71 bits per heavy atom. The highest BCUT2D eigenvalue weighted by Gasteiger charge is 2.42. The largest absolute Gasteiger partial charge is 0.318 e. The second-order valence-corrected chi connectivity index (χ2v) is 9.70. The highest BCUT2D eigenvalue weighted by molar-refractivity contribution is 6.30. The van der Waals surface area contributed by atoms with Crippen LogP contribution in [0.2, 0.25) is 5.02 Å². The van der Waals surface area contributed by atoms with E-state index in [4.69, 9.17) is 11.6 Å². The maximum Gasteiger partial charge on any atom is 0.0456 e. The summed E-state index contributed by atoms with van der Waals surface area (Å²) in [5, 5.41) is 0.791. The van der Waals surface area contributed by atoms with Gasteiger partial charge in [0.05, 0.1) is 0 Å². The number of nitrogens with zero attached hydrogens (tertiary/aromatic N) is 3. The Morgan fingerprint density at radius 1 is 0.964 bits per heavy atom. The summed E-state index contributed by atoms with van der Waals surface area (Å²) in [4.78, 5) is 5.47. The molecule has 1 saturated heterocycles. The molecule has 0 spiro atoms. The van der Waals surface area contributed by atoms with Crippen molar-refractivity contribution in [1.82, 2.24) is 14.4 Å². The molecular formula is C24H32ClN3. The summed E-state index contributed by atoms with van der Waals surface area (Å²) >= 11 is 6.07. The molecule has 2 saturated carbocycles. The zero-order valence-corrected chi connectivity index (χ0v) is 18.0. The van der Waals surface area contributed by atoms with E-state index in [1.165, 1.54) is 74.5 Å². The number of hydrogen-bond donors (Lipinski definition) is 0. The van der Waals surface area contributed by atoms with Crippen molar-refractivity contribution in [1.29, 1.82) is 0 Å². The molecule has 3 fully saturated rings. The average molecular weight is 398 g/mol. The van der Waals surface area contributed by atoms with Crippen LogP contribution in [-0.2, 0) is 6.54 Å². The summed E-state index contributed by atoms with van der Waals surface area (Å²) in [6.45, 7) is 10.4. The van der Waals surface area contributed by atoms with E-state index in [2.05, 4.69) is 46.4 Å². The van der Waals surface area contributed by atoms with Crippen molar-refractivity contribution in [3.63, 3.8) is 0 Å². The Hall–Kier alpha value is -1.29. The van der Waals surface area contributed by atoms with Crippen LogP contribution in [0.5, 0.6) is 0 Å². The summed E-state index contributed by atoms with van der Waals surface area (Å²) in [6.07, 6.45) is 5.99. The van der Waals surface area contributed by atoms with Gasteiger partial charge in [-0.3, -0.25) is 9.80 Å². The molecule has 2 aliphatic carbocycles. The molecule has 2 aromatic rings. The standard InChI is InChI=1S/C24H32ClN3/c1-17-13-21(18(2)28(17)23-7-5-22(25)6-8-23)16-26-9-11-27(12-10-26)24-15-19-3-4-20(24)14-19/h5-8,13,19-20,24H,3-4,9-12,14-16H2,1-2H3. The first-order valence-electron chi connectivity index (χ1n) is 11.0. The van der Waals surface area contributed by atoms with Gasteiger partial charge >= 0.3 is 0 Å². The van der Waals surface area contributed by atoms with Gasteiger partial charge in [0.2, 0.25) is 0 Å². The summed E-state index contributed by atoms with van der Waals surface area (Å²) in [6, 6.07) is 11.4. The first-order chi connectivity index (χ1) is 13.6. The van der Waals surface area contributed by atoms with Crippen LogP contribution in [0.1, 0.15) is 42.6 Å². The molecule has 2 bridgehead atoms. The highest BCUT2D eigenvalue weighted by Crippen LogP contribution is 2.46. The number of rotatable bonds is 4. The Labute approximate surface area is 174 Å². The number of benzene rings is 1. The van der Waals surface area contributed by atoms with Crippen LogP contribution >= 0.6 is 11.6 Å². The number of halogens is 1. The predicted molar refractivity (Wildman–Crippen MR) is 116 cm³/mol. The van der Waals surface area contributed by atoms with Gasteiger partial charge in [0.1, 0.15) is 0 Å². The van der Waals surface area contributed by atoms with E-state index in [1.807, 2.05) is 12.1 Å². The van der Waals surface area contributed by atoms with Crippen LogP contribution in [0, 0.1) is 25.7 Å². The van der Waals surface area contributed by atoms with Crippen LogP contribution in [0.3, 0.4) is 0 Å². The summed E-state index contributed by atoms with van der Waals surface area (Å²) in [5.41, 5.74) is 5.32. The third kappa shape index (κ3) is 3.42. The van der Waals surface area contributed by atoms with Crippen LogP contribution in [0.15, 0.2) is 30.3 Å². The summed E-state index contributed by atoms with van der Waals surface area (Å²) in [7, 11) is 0. The van der Waals surface area contributed by atoms with Gasteiger partial charge in [0.25, 0.3) is 0 Å². The van der Waals surface area contributed by atoms with Crippen LogP contribution in [0.25, 0.3) is 5.69 Å². The van der Waals surface area contributed by atoms with Crippen molar-refractivity contribution in [2.45, 2.75) is 52.1 Å². The fourth-order valence-electron chi connectivity index (χ4n) is 6.13. The van der Waals surface area contributed by atoms with Crippen LogP contribution < -0.4 is 0 Å². The molecule has 3 unspecified atom stereocenters. The molecule has 2 heterocycles. The molecule has 3 aliphatic rings. The van der Waals surface area contributed by atoms with E-state index in [0.29, 0.717) is 0 Å². The summed E-state index contributed by atoms with van der Waals surface area (Å²) in [5.74, 6) is 2.06. The lowest BCUT2D eigenvalue weighted by Gasteiger charge is -2.41. The normalized spacial score (nSPS) is 28.3. The molecule has 0 amide bonds. The van der Waals surface area contributed by atoms with Gasteiger partial charge in [-0.1, -0.05) is 18.0 Å². The predicted octanol–water partition coefficient (Wildman–Crippen LogP) is 5.05. The van der Waals surface area contributed by atoms with Gasteiger partial charge in [-0.05, 0) is 80.8 Å². The zero-order chi connectivity index (χ0) is 19.3. The second-order valence-electron chi connectivity index (χ2n) is 9.26. The van der Waals surface area contributed by atoms with Crippen LogP contribution in [0.4, 0.5) is 0 Å². The van der Waals surface area contributed by atoms with E-state index in [1.54, 1.807) is 0 Å². The Morgan fingerprint density at radius 3 is 2.36 bits per heavy atom. The topological polar surface area (TPSA) is 11.4 Å². The Kier molecular flexibility index (Phi) is 5.02. The van der Waals surface area contributed by atoms with Gasteiger partial charge in [0.15, 0.2) is 0 Å². The lowest BCUT2D eigenvalue weighted by atomic mass is 9.93. The van der Waals surface area contributed by atoms with Crippen molar-refractivity contribution in [2.24, 2.45) is 11.8 Å². The number of fused-ring (bicyclic) bond motifs is 2. The fraction of sp³-hybridized carbons (Fsp3) is 0.583. The smallest absolute Gasteiger partial charge is 0.0456 e. The molecule has 5 rings (SSSR count). The van der Waals surface area contributed by atoms with E-state index in [9.17, 15) is 0 Å². The molecule has 3 nitrogen and oxygen atoms in total. The average Bonchev–Trinajstić information content (AvgIpc) is 3.39. The van der Waals surface area contributed by atoms with Crippen molar-refractivity contribution in [3.8, 4) is 5.69 Å². The lowest BCUT2D eigenvalue weighted by molar-refractivity contribution is 0.0679. The van der Waals surface area contributed by atoms with E-state index >= 15 is 0 Å². The van der Waals surface area contributed by atoms with Crippen LogP contribution in [-0.4, -0.2) is 46.6 Å². The van der Waals surface area contributed by atoms with Crippen molar-refractivity contribution in [2.75, 3.05) is 26.2 Å². The minimum Gasteiger partial charge on any atom is -0.318 e. The third-order valence-corrected chi connectivity index (χ3v) is 7.84. The van der Waals surface area contributed by atoms with Gasteiger partial charge < -0.3 is 4.57 Å². The number of piperazine rings is 1. The monoisotopic (exact) mass is 397 g/mol. The molecule has 28 heavy (non-hydrogen) atoms. The van der Waals surface area contributed by atoms with E-state index < -0.39 is 0 Å². The van der Waals surface area contributed by atoms with Gasteiger partial charge in [-0.15, -0.1) is 0 Å².